The summed E-state index contributed by atoms with van der Waals surface area (Å²) >= 11 is 1.49. The molecular formula is C15H16O5S. The number of ether oxygens (including phenoxy) is 1. The number of carbonyl (C=O) groups is 3. The number of hydrogen-bond acceptors (Lipinski definition) is 5. The van der Waals surface area contributed by atoms with E-state index < -0.39 is 5.97 Å². The predicted octanol–water partition coefficient (Wildman–Crippen LogP) is 2.56. The van der Waals surface area contributed by atoms with Gasteiger partial charge in [0.05, 0.1) is 13.0 Å². The molecule has 1 aromatic rings. The van der Waals surface area contributed by atoms with Crippen LogP contribution in [0.2, 0.25) is 0 Å². The third-order valence-electron chi connectivity index (χ3n) is 2.40. The van der Waals surface area contributed by atoms with Crippen LogP contribution in [0.15, 0.2) is 41.3 Å². The molecule has 0 amide bonds. The fourth-order valence-corrected chi connectivity index (χ4v) is 2.28. The van der Waals surface area contributed by atoms with Crippen molar-refractivity contribution < 1.29 is 24.2 Å². The van der Waals surface area contributed by atoms with Crippen molar-refractivity contribution in [3.05, 3.63) is 42.0 Å². The van der Waals surface area contributed by atoms with E-state index >= 15 is 0 Å². The molecule has 0 radical (unpaired) electrons. The van der Waals surface area contributed by atoms with E-state index in [4.69, 9.17) is 9.84 Å². The average molecular weight is 308 g/mol. The minimum absolute atomic E-state index is 0.226. The lowest BCUT2D eigenvalue weighted by atomic mass is 10.1. The van der Waals surface area contributed by atoms with E-state index in [0.29, 0.717) is 24.3 Å². The van der Waals surface area contributed by atoms with Gasteiger partial charge in [0.25, 0.3) is 0 Å². The number of esters is 1. The van der Waals surface area contributed by atoms with Gasteiger partial charge in [0.1, 0.15) is 0 Å². The van der Waals surface area contributed by atoms with Crippen LogP contribution in [0.3, 0.4) is 0 Å². The highest BCUT2D eigenvalue weighted by atomic mass is 32.2. The Kier molecular flexibility index (Phi) is 7.25. The molecule has 0 atom stereocenters. The quantitative estimate of drug-likeness (QED) is 0.344. The second-order valence-corrected chi connectivity index (χ2v) is 5.13. The van der Waals surface area contributed by atoms with Gasteiger partial charge >= 0.3 is 11.9 Å². The normalized spacial score (nSPS) is 10.5. The number of benzene rings is 1. The zero-order valence-corrected chi connectivity index (χ0v) is 12.4. The molecule has 0 fully saturated rings. The first-order chi connectivity index (χ1) is 10.0. The second kappa shape index (κ2) is 8.97. The molecule has 0 spiro atoms. The van der Waals surface area contributed by atoms with Gasteiger partial charge in [0.2, 0.25) is 0 Å². The molecule has 0 heterocycles. The molecular weight excluding hydrogens is 292 g/mol. The SMILES string of the molecule is CCOC(=O)CCSc1ccc(C(=O)/C=C/C(=O)O)cc1. The fraction of sp³-hybridized carbons (Fsp3) is 0.267. The smallest absolute Gasteiger partial charge is 0.328 e. The van der Waals surface area contributed by atoms with Crippen LogP contribution < -0.4 is 0 Å². The number of allylic oxidation sites excluding steroid dienone is 1. The first kappa shape index (κ1) is 17.0. The van der Waals surface area contributed by atoms with Crippen molar-refractivity contribution >= 4 is 29.5 Å². The maximum absolute atomic E-state index is 11.6. The lowest BCUT2D eigenvalue weighted by Gasteiger charge is -2.03. The molecule has 112 valence electrons. The highest BCUT2D eigenvalue weighted by Crippen LogP contribution is 2.19. The van der Waals surface area contributed by atoms with Crippen LogP contribution in [0.5, 0.6) is 0 Å². The molecule has 6 heteroatoms. The number of hydrogen-bond donors (Lipinski definition) is 1. The van der Waals surface area contributed by atoms with Gasteiger partial charge in [-0.3, -0.25) is 9.59 Å². The van der Waals surface area contributed by atoms with Gasteiger partial charge in [0, 0.05) is 22.3 Å². The number of ketones is 1. The van der Waals surface area contributed by atoms with E-state index in [0.717, 1.165) is 17.0 Å². The predicted molar refractivity (Wildman–Crippen MR) is 79.5 cm³/mol. The van der Waals surface area contributed by atoms with Crippen molar-refractivity contribution in [2.75, 3.05) is 12.4 Å². The average Bonchev–Trinajstić information content (AvgIpc) is 2.45. The lowest BCUT2D eigenvalue weighted by Crippen LogP contribution is -2.04. The van der Waals surface area contributed by atoms with Crippen LogP contribution in [-0.4, -0.2) is 35.2 Å². The third-order valence-corrected chi connectivity index (χ3v) is 3.41. The van der Waals surface area contributed by atoms with E-state index in [-0.39, 0.29) is 11.8 Å². The molecule has 5 nitrogen and oxygen atoms in total. The molecule has 1 N–H and O–H groups in total. The van der Waals surface area contributed by atoms with Crippen LogP contribution in [0.1, 0.15) is 23.7 Å². The van der Waals surface area contributed by atoms with E-state index in [2.05, 4.69) is 0 Å². The van der Waals surface area contributed by atoms with Gasteiger partial charge in [-0.25, -0.2) is 4.79 Å². The minimum Gasteiger partial charge on any atom is -0.478 e. The number of aliphatic carboxylic acids is 1. The molecule has 0 saturated heterocycles. The van der Waals surface area contributed by atoms with Crippen LogP contribution >= 0.6 is 11.8 Å². The number of carboxylic acids is 1. The largest absolute Gasteiger partial charge is 0.478 e. The molecule has 0 bridgehead atoms. The van der Waals surface area contributed by atoms with Crippen LogP contribution in [0.4, 0.5) is 0 Å². The van der Waals surface area contributed by atoms with Gasteiger partial charge < -0.3 is 9.84 Å². The van der Waals surface area contributed by atoms with Crippen molar-refractivity contribution in [2.24, 2.45) is 0 Å². The van der Waals surface area contributed by atoms with E-state index in [1.807, 2.05) is 0 Å². The summed E-state index contributed by atoms with van der Waals surface area (Å²) in [5, 5.41) is 8.45. The molecule has 21 heavy (non-hydrogen) atoms. The zero-order chi connectivity index (χ0) is 15.7. The topological polar surface area (TPSA) is 80.7 Å². The molecule has 0 unspecified atom stereocenters. The van der Waals surface area contributed by atoms with E-state index in [1.165, 1.54) is 11.8 Å². The van der Waals surface area contributed by atoms with Crippen molar-refractivity contribution in [3.63, 3.8) is 0 Å². The Hall–Kier alpha value is -2.08. The molecule has 1 rings (SSSR count). The Balaban J connectivity index is 2.48. The molecule has 0 aliphatic carbocycles. The lowest BCUT2D eigenvalue weighted by molar-refractivity contribution is -0.142. The van der Waals surface area contributed by atoms with Crippen molar-refractivity contribution in [3.8, 4) is 0 Å². The van der Waals surface area contributed by atoms with Gasteiger partial charge in [-0.15, -0.1) is 11.8 Å². The zero-order valence-electron chi connectivity index (χ0n) is 11.6. The Morgan fingerprint density at radius 3 is 2.43 bits per heavy atom. The summed E-state index contributed by atoms with van der Waals surface area (Å²) in [6, 6.07) is 6.78. The first-order valence-electron chi connectivity index (χ1n) is 6.36. The Bertz CT molecular complexity index is 533. The van der Waals surface area contributed by atoms with Crippen LogP contribution in [0.25, 0.3) is 0 Å². The summed E-state index contributed by atoms with van der Waals surface area (Å²) in [6.07, 6.45) is 2.16. The molecule has 1 aromatic carbocycles. The minimum atomic E-state index is -1.16. The monoisotopic (exact) mass is 308 g/mol. The van der Waals surface area contributed by atoms with Gasteiger partial charge in [-0.1, -0.05) is 0 Å². The number of carbonyl (C=O) groups excluding carboxylic acids is 2. The summed E-state index contributed by atoms with van der Waals surface area (Å²) in [5.41, 5.74) is 0.419. The first-order valence-corrected chi connectivity index (χ1v) is 7.35. The van der Waals surface area contributed by atoms with Crippen molar-refractivity contribution in [1.29, 1.82) is 0 Å². The maximum atomic E-state index is 11.6. The second-order valence-electron chi connectivity index (χ2n) is 3.96. The summed E-state index contributed by atoms with van der Waals surface area (Å²) in [6.45, 7) is 2.14. The van der Waals surface area contributed by atoms with Crippen LogP contribution in [-0.2, 0) is 14.3 Å². The third kappa shape index (κ3) is 6.76. The van der Waals surface area contributed by atoms with Crippen molar-refractivity contribution in [1.82, 2.24) is 0 Å². The maximum Gasteiger partial charge on any atom is 0.328 e. The van der Waals surface area contributed by atoms with Crippen molar-refractivity contribution in [2.45, 2.75) is 18.2 Å². The van der Waals surface area contributed by atoms with Gasteiger partial charge in [0.15, 0.2) is 5.78 Å². The van der Waals surface area contributed by atoms with Crippen LogP contribution in [0, 0.1) is 0 Å². The number of carboxylic acid groups (broad SMARTS) is 1. The number of rotatable bonds is 8. The highest BCUT2D eigenvalue weighted by molar-refractivity contribution is 7.99. The molecule has 0 saturated carbocycles. The summed E-state index contributed by atoms with van der Waals surface area (Å²) < 4.78 is 4.82. The molecule has 0 aliphatic heterocycles. The van der Waals surface area contributed by atoms with Gasteiger partial charge in [-0.05, 0) is 37.3 Å². The fourth-order valence-electron chi connectivity index (χ4n) is 1.44. The Morgan fingerprint density at radius 2 is 1.86 bits per heavy atom. The molecule has 0 aliphatic rings. The van der Waals surface area contributed by atoms with E-state index in [9.17, 15) is 14.4 Å². The summed E-state index contributed by atoms with van der Waals surface area (Å²) in [4.78, 5) is 34.0. The summed E-state index contributed by atoms with van der Waals surface area (Å²) in [5.74, 6) is -1.14. The molecule has 0 aromatic heterocycles. The standard InChI is InChI=1S/C15H16O5S/c1-2-20-15(19)9-10-21-12-5-3-11(4-6-12)13(16)7-8-14(17)18/h3-8H,2,9-10H2,1H3,(H,17,18)/b8-7+. The Morgan fingerprint density at radius 1 is 1.19 bits per heavy atom. The number of thioether (sulfide) groups is 1. The van der Waals surface area contributed by atoms with E-state index in [1.54, 1.807) is 31.2 Å². The summed E-state index contributed by atoms with van der Waals surface area (Å²) in [7, 11) is 0. The van der Waals surface area contributed by atoms with Gasteiger partial charge in [-0.2, -0.15) is 0 Å². The Labute approximate surface area is 127 Å². The highest BCUT2D eigenvalue weighted by Gasteiger charge is 2.05.